The molecule has 124 valence electrons. The standard InChI is InChI=1S/C22H14N2O2/c25-21-16-5-2-1-4-14(16)15-9-8-13(12-18(15)21)22(26)24-20-7-3-6-19-17(20)10-11-23-19/h1-12,23H,(H,24,26). The van der Waals surface area contributed by atoms with Crippen LogP contribution in [0.3, 0.4) is 0 Å². The van der Waals surface area contributed by atoms with E-state index in [1.54, 1.807) is 12.1 Å². The zero-order valence-electron chi connectivity index (χ0n) is 13.7. The first-order valence-electron chi connectivity index (χ1n) is 8.38. The second-order valence-corrected chi connectivity index (χ2v) is 6.33. The van der Waals surface area contributed by atoms with E-state index < -0.39 is 0 Å². The van der Waals surface area contributed by atoms with Crippen LogP contribution in [0.15, 0.2) is 72.9 Å². The molecule has 0 spiro atoms. The Balaban J connectivity index is 1.51. The average molecular weight is 338 g/mol. The molecule has 4 aromatic rings. The molecular formula is C22H14N2O2. The van der Waals surface area contributed by atoms with Crippen molar-refractivity contribution in [1.82, 2.24) is 4.98 Å². The molecule has 0 aliphatic heterocycles. The van der Waals surface area contributed by atoms with Crippen molar-refractivity contribution in [3.05, 3.63) is 89.6 Å². The van der Waals surface area contributed by atoms with Crippen molar-refractivity contribution in [1.29, 1.82) is 0 Å². The Morgan fingerprint density at radius 3 is 2.50 bits per heavy atom. The van der Waals surface area contributed by atoms with Gasteiger partial charge in [-0.15, -0.1) is 0 Å². The monoisotopic (exact) mass is 338 g/mol. The summed E-state index contributed by atoms with van der Waals surface area (Å²) in [6.07, 6.45) is 1.84. The fourth-order valence-corrected chi connectivity index (χ4v) is 3.56. The molecule has 3 aromatic carbocycles. The number of aromatic amines is 1. The minimum Gasteiger partial charge on any atom is -0.361 e. The third kappa shape index (κ3) is 2.09. The number of hydrogen-bond donors (Lipinski definition) is 2. The van der Waals surface area contributed by atoms with Crippen molar-refractivity contribution in [2.24, 2.45) is 0 Å². The largest absolute Gasteiger partial charge is 0.361 e. The van der Waals surface area contributed by atoms with Crippen LogP contribution in [0.5, 0.6) is 0 Å². The number of carbonyl (C=O) groups excluding carboxylic acids is 2. The summed E-state index contributed by atoms with van der Waals surface area (Å²) in [5, 5.41) is 3.89. The molecule has 1 heterocycles. The van der Waals surface area contributed by atoms with Gasteiger partial charge in [-0.2, -0.15) is 0 Å². The smallest absolute Gasteiger partial charge is 0.255 e. The van der Waals surface area contributed by atoms with Crippen LogP contribution in [0.4, 0.5) is 5.69 Å². The lowest BCUT2D eigenvalue weighted by molar-refractivity contribution is 0.102. The van der Waals surface area contributed by atoms with Crippen LogP contribution in [0.2, 0.25) is 0 Å². The number of rotatable bonds is 2. The third-order valence-corrected chi connectivity index (χ3v) is 4.83. The average Bonchev–Trinajstić information content (AvgIpc) is 3.26. The van der Waals surface area contributed by atoms with Gasteiger partial charge in [0.1, 0.15) is 0 Å². The molecule has 1 aliphatic carbocycles. The van der Waals surface area contributed by atoms with Crippen LogP contribution >= 0.6 is 0 Å². The summed E-state index contributed by atoms with van der Waals surface area (Å²) in [7, 11) is 0. The second-order valence-electron chi connectivity index (χ2n) is 6.33. The van der Waals surface area contributed by atoms with Gasteiger partial charge in [-0.3, -0.25) is 9.59 Å². The van der Waals surface area contributed by atoms with Crippen LogP contribution in [0.1, 0.15) is 26.3 Å². The number of benzene rings is 3. The van der Waals surface area contributed by atoms with Gasteiger partial charge < -0.3 is 10.3 Å². The number of aromatic nitrogens is 1. The minimum absolute atomic E-state index is 0.0296. The van der Waals surface area contributed by atoms with Crippen molar-refractivity contribution in [2.75, 3.05) is 5.32 Å². The fraction of sp³-hybridized carbons (Fsp3) is 0. The Morgan fingerprint density at radius 2 is 1.62 bits per heavy atom. The number of fused-ring (bicyclic) bond motifs is 4. The lowest BCUT2D eigenvalue weighted by Gasteiger charge is -2.08. The lowest BCUT2D eigenvalue weighted by Crippen LogP contribution is -2.12. The molecule has 0 fully saturated rings. The van der Waals surface area contributed by atoms with Crippen LogP contribution in [-0.4, -0.2) is 16.7 Å². The zero-order chi connectivity index (χ0) is 17.7. The fourth-order valence-electron chi connectivity index (χ4n) is 3.56. The second kappa shape index (κ2) is 5.43. The van der Waals surface area contributed by atoms with E-state index in [0.717, 1.165) is 27.7 Å². The van der Waals surface area contributed by atoms with Gasteiger partial charge in [-0.1, -0.05) is 36.4 Å². The molecule has 5 rings (SSSR count). The highest BCUT2D eigenvalue weighted by atomic mass is 16.1. The Labute approximate surface area is 149 Å². The topological polar surface area (TPSA) is 62.0 Å². The predicted molar refractivity (Wildman–Crippen MR) is 102 cm³/mol. The highest BCUT2D eigenvalue weighted by Gasteiger charge is 2.27. The van der Waals surface area contributed by atoms with Gasteiger partial charge in [0.15, 0.2) is 5.78 Å². The Kier molecular flexibility index (Phi) is 3.06. The molecular weight excluding hydrogens is 324 g/mol. The number of amides is 1. The molecule has 0 unspecified atom stereocenters. The first-order chi connectivity index (χ1) is 12.7. The Morgan fingerprint density at radius 1 is 0.808 bits per heavy atom. The molecule has 0 saturated carbocycles. The SMILES string of the molecule is O=C(Nc1cccc2[nH]ccc12)c1ccc2c(c1)C(=O)c1ccccc1-2. The summed E-state index contributed by atoms with van der Waals surface area (Å²) in [4.78, 5) is 28.5. The maximum atomic E-state index is 12.7. The lowest BCUT2D eigenvalue weighted by atomic mass is 10.0. The first kappa shape index (κ1) is 14.7. The van der Waals surface area contributed by atoms with Gasteiger partial charge in [0.2, 0.25) is 0 Å². The normalized spacial score (nSPS) is 12.1. The molecule has 26 heavy (non-hydrogen) atoms. The molecule has 0 bridgehead atoms. The number of H-pyrrole nitrogens is 1. The van der Waals surface area contributed by atoms with Gasteiger partial charge >= 0.3 is 0 Å². The predicted octanol–water partition coefficient (Wildman–Crippen LogP) is 4.63. The van der Waals surface area contributed by atoms with E-state index in [2.05, 4.69) is 10.3 Å². The summed E-state index contributed by atoms with van der Waals surface area (Å²) in [5.41, 5.74) is 5.26. The Bertz CT molecular complexity index is 1200. The van der Waals surface area contributed by atoms with E-state index in [1.807, 2.05) is 60.8 Å². The highest BCUT2D eigenvalue weighted by molar-refractivity contribution is 6.22. The van der Waals surface area contributed by atoms with Gasteiger partial charge in [-0.25, -0.2) is 0 Å². The first-order valence-corrected chi connectivity index (χ1v) is 8.38. The van der Waals surface area contributed by atoms with Gasteiger partial charge in [-0.05, 0) is 41.5 Å². The highest BCUT2D eigenvalue weighted by Crippen LogP contribution is 2.36. The summed E-state index contributed by atoms with van der Waals surface area (Å²) in [6, 6.07) is 20.5. The summed E-state index contributed by atoms with van der Waals surface area (Å²) >= 11 is 0. The molecule has 1 aromatic heterocycles. The van der Waals surface area contributed by atoms with E-state index in [1.165, 1.54) is 0 Å². The van der Waals surface area contributed by atoms with Gasteiger partial charge in [0, 0.05) is 33.8 Å². The number of carbonyl (C=O) groups is 2. The number of anilines is 1. The number of nitrogens with one attached hydrogen (secondary N) is 2. The van der Waals surface area contributed by atoms with E-state index in [-0.39, 0.29) is 11.7 Å². The molecule has 4 nitrogen and oxygen atoms in total. The van der Waals surface area contributed by atoms with Crippen LogP contribution in [0.25, 0.3) is 22.0 Å². The van der Waals surface area contributed by atoms with Gasteiger partial charge in [0.05, 0.1) is 5.69 Å². The van der Waals surface area contributed by atoms with Crippen molar-refractivity contribution in [2.45, 2.75) is 0 Å². The maximum absolute atomic E-state index is 12.7. The van der Waals surface area contributed by atoms with Crippen LogP contribution in [-0.2, 0) is 0 Å². The summed E-state index contributed by atoms with van der Waals surface area (Å²) in [6.45, 7) is 0. The number of hydrogen-bond acceptors (Lipinski definition) is 2. The quantitative estimate of drug-likeness (QED) is 0.493. The molecule has 2 N–H and O–H groups in total. The zero-order valence-corrected chi connectivity index (χ0v) is 13.7. The summed E-state index contributed by atoms with van der Waals surface area (Å²) < 4.78 is 0. The van der Waals surface area contributed by atoms with Crippen molar-refractivity contribution < 1.29 is 9.59 Å². The minimum atomic E-state index is -0.231. The van der Waals surface area contributed by atoms with Crippen molar-refractivity contribution in [3.8, 4) is 11.1 Å². The van der Waals surface area contributed by atoms with E-state index in [0.29, 0.717) is 16.7 Å². The third-order valence-electron chi connectivity index (χ3n) is 4.83. The van der Waals surface area contributed by atoms with E-state index >= 15 is 0 Å². The van der Waals surface area contributed by atoms with Crippen molar-refractivity contribution in [3.63, 3.8) is 0 Å². The maximum Gasteiger partial charge on any atom is 0.255 e. The summed E-state index contributed by atoms with van der Waals surface area (Å²) in [5.74, 6) is -0.261. The number of ketones is 1. The molecule has 0 saturated heterocycles. The van der Waals surface area contributed by atoms with Crippen molar-refractivity contribution >= 4 is 28.3 Å². The van der Waals surface area contributed by atoms with Crippen LogP contribution < -0.4 is 5.32 Å². The van der Waals surface area contributed by atoms with E-state index in [4.69, 9.17) is 0 Å². The van der Waals surface area contributed by atoms with E-state index in [9.17, 15) is 9.59 Å². The molecule has 4 heteroatoms. The molecule has 0 radical (unpaired) electrons. The van der Waals surface area contributed by atoms with Crippen LogP contribution in [0, 0.1) is 0 Å². The molecule has 1 aliphatic rings. The van der Waals surface area contributed by atoms with Gasteiger partial charge in [0.25, 0.3) is 5.91 Å². The molecule has 0 atom stereocenters. The Hall–Kier alpha value is -3.66. The molecule has 1 amide bonds.